The minimum atomic E-state index is -4.61. The zero-order valence-corrected chi connectivity index (χ0v) is 16.3. The van der Waals surface area contributed by atoms with Gasteiger partial charge in [0.05, 0.1) is 11.4 Å². The van der Waals surface area contributed by atoms with Gasteiger partial charge in [0.15, 0.2) is 5.16 Å². The van der Waals surface area contributed by atoms with Crippen LogP contribution in [0.3, 0.4) is 0 Å². The molecule has 0 fully saturated rings. The van der Waals surface area contributed by atoms with Gasteiger partial charge in [0.1, 0.15) is 5.69 Å². The summed E-state index contributed by atoms with van der Waals surface area (Å²) in [6, 6.07) is 16.8. The molecule has 3 rings (SSSR count). The van der Waals surface area contributed by atoms with Crippen LogP contribution < -0.4 is 5.32 Å². The number of aryl methyl sites for hydroxylation is 1. The van der Waals surface area contributed by atoms with Gasteiger partial charge in [-0.05, 0) is 30.2 Å². The number of carbonyl (C=O) groups is 1. The summed E-state index contributed by atoms with van der Waals surface area (Å²) < 4.78 is 39.7. The van der Waals surface area contributed by atoms with E-state index in [2.05, 4.69) is 15.3 Å². The molecule has 0 unspecified atom stereocenters. The van der Waals surface area contributed by atoms with Crippen molar-refractivity contribution in [3.63, 3.8) is 0 Å². The summed E-state index contributed by atoms with van der Waals surface area (Å²) in [4.78, 5) is 19.9. The maximum absolute atomic E-state index is 13.2. The number of nitrogens with one attached hydrogen (secondary N) is 1. The van der Waals surface area contributed by atoms with Crippen molar-refractivity contribution in [3.8, 4) is 11.3 Å². The van der Waals surface area contributed by atoms with Gasteiger partial charge >= 0.3 is 6.18 Å². The highest BCUT2D eigenvalue weighted by atomic mass is 32.2. The van der Waals surface area contributed by atoms with E-state index in [4.69, 9.17) is 0 Å². The van der Waals surface area contributed by atoms with Crippen LogP contribution in [0.1, 0.15) is 18.2 Å². The number of rotatable bonds is 6. The Labute approximate surface area is 170 Å². The average Bonchev–Trinajstić information content (AvgIpc) is 2.72. The maximum Gasteiger partial charge on any atom is 0.433 e. The third-order valence-electron chi connectivity index (χ3n) is 4.04. The first-order valence-corrected chi connectivity index (χ1v) is 9.87. The number of nitrogens with zero attached hydrogens (tertiary/aromatic N) is 2. The Kier molecular flexibility index (Phi) is 6.53. The molecule has 2 aromatic carbocycles. The predicted octanol–water partition coefficient (Wildman–Crippen LogP) is 5.46. The SMILES string of the molecule is CCc1ccc(NC(=O)CSc2nc(-c3ccccc3)cc(C(F)(F)F)n2)cc1. The second-order valence-corrected chi connectivity index (χ2v) is 7.11. The second-order valence-electron chi connectivity index (χ2n) is 6.17. The van der Waals surface area contributed by atoms with Crippen LogP contribution in [0.15, 0.2) is 65.8 Å². The maximum atomic E-state index is 13.2. The molecule has 1 N–H and O–H groups in total. The second kappa shape index (κ2) is 9.09. The molecule has 0 aliphatic carbocycles. The molecule has 150 valence electrons. The highest BCUT2D eigenvalue weighted by Gasteiger charge is 2.34. The Morgan fingerprint density at radius 3 is 2.34 bits per heavy atom. The Morgan fingerprint density at radius 1 is 1.03 bits per heavy atom. The van der Waals surface area contributed by atoms with Gasteiger partial charge in [-0.1, -0.05) is 61.2 Å². The minimum Gasteiger partial charge on any atom is -0.325 e. The standard InChI is InChI=1S/C21H18F3N3OS/c1-2-14-8-10-16(11-9-14)25-19(28)13-29-20-26-17(15-6-4-3-5-7-15)12-18(27-20)21(22,23)24/h3-12H,2,13H2,1H3,(H,25,28). The Morgan fingerprint density at radius 2 is 1.72 bits per heavy atom. The fourth-order valence-corrected chi connectivity index (χ4v) is 3.20. The molecule has 0 saturated carbocycles. The third-order valence-corrected chi connectivity index (χ3v) is 4.89. The third kappa shape index (κ3) is 5.80. The van der Waals surface area contributed by atoms with Crippen molar-refractivity contribution >= 4 is 23.4 Å². The zero-order valence-electron chi connectivity index (χ0n) is 15.5. The van der Waals surface area contributed by atoms with E-state index in [1.165, 1.54) is 0 Å². The van der Waals surface area contributed by atoms with Crippen LogP contribution in [0.5, 0.6) is 0 Å². The van der Waals surface area contributed by atoms with E-state index in [0.717, 1.165) is 29.8 Å². The van der Waals surface area contributed by atoms with Crippen LogP contribution in [-0.4, -0.2) is 21.6 Å². The molecule has 1 heterocycles. The number of anilines is 1. The molecule has 0 saturated heterocycles. The number of carbonyl (C=O) groups excluding carboxylic acids is 1. The highest BCUT2D eigenvalue weighted by molar-refractivity contribution is 7.99. The Balaban J connectivity index is 1.74. The molecule has 29 heavy (non-hydrogen) atoms. The smallest absolute Gasteiger partial charge is 0.325 e. The number of alkyl halides is 3. The average molecular weight is 417 g/mol. The van der Waals surface area contributed by atoms with Gasteiger partial charge in [0.25, 0.3) is 0 Å². The topological polar surface area (TPSA) is 54.9 Å². The van der Waals surface area contributed by atoms with Gasteiger partial charge in [0.2, 0.25) is 5.91 Å². The molecule has 0 bridgehead atoms. The van der Waals surface area contributed by atoms with E-state index in [1.807, 2.05) is 19.1 Å². The van der Waals surface area contributed by atoms with E-state index in [1.54, 1.807) is 42.5 Å². The van der Waals surface area contributed by atoms with E-state index in [9.17, 15) is 18.0 Å². The number of amides is 1. The van der Waals surface area contributed by atoms with E-state index < -0.39 is 11.9 Å². The van der Waals surface area contributed by atoms with Gasteiger partial charge in [0, 0.05) is 11.3 Å². The van der Waals surface area contributed by atoms with Gasteiger partial charge in [-0.25, -0.2) is 9.97 Å². The Bertz CT molecular complexity index is 977. The van der Waals surface area contributed by atoms with Crippen molar-refractivity contribution in [1.29, 1.82) is 0 Å². The van der Waals surface area contributed by atoms with Gasteiger partial charge in [-0.3, -0.25) is 4.79 Å². The number of hydrogen-bond acceptors (Lipinski definition) is 4. The molecule has 3 aromatic rings. The van der Waals surface area contributed by atoms with Crippen LogP contribution in [0.25, 0.3) is 11.3 Å². The van der Waals surface area contributed by atoms with E-state index in [0.29, 0.717) is 11.3 Å². The summed E-state index contributed by atoms with van der Waals surface area (Å²) in [6.07, 6.45) is -3.72. The first kappa shape index (κ1) is 20.9. The number of halogens is 3. The molecule has 1 amide bonds. The lowest BCUT2D eigenvalue weighted by molar-refractivity contribution is -0.141. The summed E-state index contributed by atoms with van der Waals surface area (Å²) in [5.74, 6) is -0.452. The van der Waals surface area contributed by atoms with E-state index in [-0.39, 0.29) is 22.5 Å². The minimum absolute atomic E-state index is 0.102. The summed E-state index contributed by atoms with van der Waals surface area (Å²) in [5, 5.41) is 2.62. The van der Waals surface area contributed by atoms with Crippen molar-refractivity contribution in [2.75, 3.05) is 11.1 Å². The van der Waals surface area contributed by atoms with E-state index >= 15 is 0 Å². The fraction of sp³-hybridized carbons (Fsp3) is 0.190. The summed E-state index contributed by atoms with van der Waals surface area (Å²) in [6.45, 7) is 2.03. The number of thioether (sulfide) groups is 1. The molecule has 0 spiro atoms. The molecular formula is C21H18F3N3OS. The van der Waals surface area contributed by atoms with Crippen molar-refractivity contribution in [1.82, 2.24) is 9.97 Å². The number of hydrogen-bond donors (Lipinski definition) is 1. The molecule has 1 aromatic heterocycles. The summed E-state index contributed by atoms with van der Waals surface area (Å²) in [5.41, 5.74) is 1.43. The highest BCUT2D eigenvalue weighted by Crippen LogP contribution is 2.32. The lowest BCUT2D eigenvalue weighted by Gasteiger charge is -2.10. The van der Waals surface area contributed by atoms with Crippen molar-refractivity contribution in [3.05, 3.63) is 71.9 Å². The molecule has 8 heteroatoms. The molecule has 0 aliphatic heterocycles. The van der Waals surface area contributed by atoms with Gasteiger partial charge < -0.3 is 5.32 Å². The predicted molar refractivity (Wildman–Crippen MR) is 108 cm³/mol. The lowest BCUT2D eigenvalue weighted by atomic mass is 10.1. The van der Waals surface area contributed by atoms with Crippen LogP contribution in [0, 0.1) is 0 Å². The van der Waals surface area contributed by atoms with Crippen LogP contribution in [0.4, 0.5) is 18.9 Å². The van der Waals surface area contributed by atoms with Crippen LogP contribution in [-0.2, 0) is 17.4 Å². The quantitative estimate of drug-likeness (QED) is 0.428. The normalized spacial score (nSPS) is 11.3. The van der Waals surface area contributed by atoms with Crippen molar-refractivity contribution in [2.24, 2.45) is 0 Å². The molecule has 4 nitrogen and oxygen atoms in total. The zero-order chi connectivity index (χ0) is 20.9. The molecule has 0 atom stereocenters. The molecule has 0 aliphatic rings. The fourth-order valence-electron chi connectivity index (χ4n) is 2.54. The van der Waals surface area contributed by atoms with Crippen LogP contribution in [0.2, 0.25) is 0 Å². The molecular weight excluding hydrogens is 399 g/mol. The number of benzene rings is 2. The first-order valence-electron chi connectivity index (χ1n) is 8.88. The first-order chi connectivity index (χ1) is 13.8. The lowest BCUT2D eigenvalue weighted by Crippen LogP contribution is -2.15. The van der Waals surface area contributed by atoms with Gasteiger partial charge in [-0.15, -0.1) is 0 Å². The molecule has 0 radical (unpaired) electrons. The summed E-state index contributed by atoms with van der Waals surface area (Å²) >= 11 is 0.860. The van der Waals surface area contributed by atoms with Gasteiger partial charge in [-0.2, -0.15) is 13.2 Å². The van der Waals surface area contributed by atoms with Crippen molar-refractivity contribution < 1.29 is 18.0 Å². The van der Waals surface area contributed by atoms with Crippen molar-refractivity contribution in [2.45, 2.75) is 24.7 Å². The largest absolute Gasteiger partial charge is 0.433 e. The van der Waals surface area contributed by atoms with Crippen LogP contribution >= 0.6 is 11.8 Å². The summed E-state index contributed by atoms with van der Waals surface area (Å²) in [7, 11) is 0. The number of aromatic nitrogens is 2. The monoisotopic (exact) mass is 417 g/mol. The Hall–Kier alpha value is -2.87.